The molecule has 8 N–H and O–H groups in total. The number of H-pyrrole nitrogens is 2. The Balaban J connectivity index is 1.21. The quantitative estimate of drug-likeness (QED) is 0.116. The Morgan fingerprint density at radius 1 is 0.917 bits per heavy atom. The molecule has 26 heteroatoms. The van der Waals surface area contributed by atoms with Crippen LogP contribution in [0.5, 0.6) is 0 Å². The van der Waals surface area contributed by atoms with Crippen LogP contribution in [0.3, 0.4) is 0 Å². The second-order valence-electron chi connectivity index (χ2n) is 11.0. The van der Waals surface area contributed by atoms with Gasteiger partial charge in [-0.05, 0) is 6.92 Å². The van der Waals surface area contributed by atoms with Gasteiger partial charge in [-0.3, -0.25) is 47.1 Å². The molecule has 10 atom stereocenters. The number of aliphatic hydroxyl groups excluding tert-OH is 1. The molecule has 0 saturated carbocycles. The van der Waals surface area contributed by atoms with Gasteiger partial charge in [-0.25, -0.2) is 14.5 Å². The zero-order valence-corrected chi connectivity index (χ0v) is 26.0. The molecule has 3 fully saturated rings. The van der Waals surface area contributed by atoms with Crippen molar-refractivity contribution in [2.75, 3.05) is 24.7 Å². The maximum atomic E-state index is 13.2. The Morgan fingerprint density at radius 2 is 1.44 bits per heavy atom. The number of rotatable bonds is 3. The van der Waals surface area contributed by atoms with Crippen molar-refractivity contribution in [2.45, 2.75) is 49.9 Å². The number of carbonyl (C=O) groups excluding carboxylic acids is 1. The number of aliphatic hydroxyl groups is 1. The Labute approximate surface area is 265 Å². The van der Waals surface area contributed by atoms with Crippen molar-refractivity contribution in [2.24, 2.45) is 5.92 Å². The summed E-state index contributed by atoms with van der Waals surface area (Å²) in [5.74, 6) is -2.69. The number of nitrogens with two attached hydrogens (primary N) is 2. The number of phosphoric acid groups is 2. The molecule has 258 valence electrons. The number of ether oxygens (including phenoxy) is 2. The second-order valence-corrected chi connectivity index (χ2v) is 13.7. The number of anilines is 2. The van der Waals surface area contributed by atoms with E-state index < -0.39 is 94.7 Å². The van der Waals surface area contributed by atoms with Gasteiger partial charge < -0.3 is 44.9 Å². The molecule has 0 radical (unpaired) electrons. The molecular formula is C22H25N10O14P2-. The van der Waals surface area contributed by atoms with Crippen molar-refractivity contribution in [3.05, 3.63) is 33.4 Å². The summed E-state index contributed by atoms with van der Waals surface area (Å²) in [5, 5.41) is 11.2. The van der Waals surface area contributed by atoms with E-state index in [1.54, 1.807) is 0 Å². The highest BCUT2D eigenvalue weighted by molar-refractivity contribution is 7.47. The van der Waals surface area contributed by atoms with Gasteiger partial charge in [-0.15, -0.1) is 0 Å². The molecule has 7 rings (SSSR count). The molecule has 0 bridgehead atoms. The van der Waals surface area contributed by atoms with E-state index >= 15 is 0 Å². The number of hydrogen-bond donors (Lipinski definition) is 6. The van der Waals surface area contributed by atoms with Crippen LogP contribution >= 0.6 is 15.6 Å². The zero-order chi connectivity index (χ0) is 34.3. The standard InChI is InChI=1S/C22H26N10O14P2/c1-6(33)9-13-7(43-19(9)31-4-25-10-15(31)27-21(23)29-17(10)35)2-41-48(39,40)46-14-8(3-42-47(37,38)45-13)44-20(12(14)34)32-5-26-11-16(32)28-22(24)30-18(11)36/h4-5,7-9,12-14,19-20,34H,2-3H2,1H3,(H,37,38)(H,39,40)(H3,23,27,29,35)(H3,24,28,30,36)/p-1/t7-,8-,9-,12-,13-,14-,19-,20-/m1/s1. The molecular weight excluding hydrogens is 690 g/mol. The molecule has 0 amide bonds. The molecule has 0 aliphatic carbocycles. The first kappa shape index (κ1) is 32.6. The molecule has 0 aromatic carbocycles. The molecule has 7 heterocycles. The van der Waals surface area contributed by atoms with Crippen molar-refractivity contribution < 1.29 is 56.4 Å². The van der Waals surface area contributed by atoms with Gasteiger partial charge >= 0.3 is 7.82 Å². The lowest BCUT2D eigenvalue weighted by Crippen LogP contribution is -2.40. The van der Waals surface area contributed by atoms with Crippen LogP contribution < -0.4 is 27.5 Å². The van der Waals surface area contributed by atoms with E-state index in [1.165, 1.54) is 0 Å². The maximum absolute atomic E-state index is 13.2. The number of phosphoric ester groups is 2. The third kappa shape index (κ3) is 5.65. The lowest BCUT2D eigenvalue weighted by atomic mass is 9.96. The van der Waals surface area contributed by atoms with E-state index in [0.29, 0.717) is 0 Å². The summed E-state index contributed by atoms with van der Waals surface area (Å²) in [7, 11) is -10.5. The summed E-state index contributed by atoms with van der Waals surface area (Å²) < 4.78 is 61.1. The van der Waals surface area contributed by atoms with Crippen LogP contribution in [0, 0.1) is 5.92 Å². The van der Waals surface area contributed by atoms with Crippen molar-refractivity contribution in [3.63, 3.8) is 0 Å². The molecule has 4 aromatic heterocycles. The summed E-state index contributed by atoms with van der Waals surface area (Å²) in [6, 6.07) is 0. The van der Waals surface area contributed by atoms with Crippen molar-refractivity contribution in [3.8, 4) is 0 Å². The van der Waals surface area contributed by atoms with Crippen LogP contribution in [0.4, 0.5) is 11.9 Å². The highest BCUT2D eigenvalue weighted by atomic mass is 31.2. The van der Waals surface area contributed by atoms with E-state index in [1.807, 2.05) is 0 Å². The van der Waals surface area contributed by atoms with Gasteiger partial charge in [0.05, 0.1) is 31.8 Å². The SMILES string of the molecule is CC(=O)[C@@H]1[C@@H]2OP(=O)([O-])OC[C@H]3O[C@@H](n4cnc5c(=O)[nH]c(N)nc54)[C@H](O)[C@@H]3OP(=O)(O)OC[C@H]2O[C@H]1n1cnc2c(=O)[nH]c(N)nc21. The molecule has 3 saturated heterocycles. The minimum Gasteiger partial charge on any atom is -0.756 e. The highest BCUT2D eigenvalue weighted by Gasteiger charge is 2.54. The fourth-order valence-corrected chi connectivity index (χ4v) is 7.76. The number of aromatic amines is 2. The summed E-state index contributed by atoms with van der Waals surface area (Å²) >= 11 is 0. The number of imidazole rings is 2. The smallest absolute Gasteiger partial charge is 0.472 e. The predicted octanol–water partition coefficient (Wildman–Crippen LogP) is -2.84. The Hall–Kier alpha value is -3.93. The topological polar surface area (TPSA) is 349 Å². The minimum atomic E-state index is -5.38. The first-order valence-corrected chi connectivity index (χ1v) is 16.8. The number of aromatic nitrogens is 8. The minimum absolute atomic E-state index is 0.120. The van der Waals surface area contributed by atoms with Crippen LogP contribution in [0.2, 0.25) is 0 Å². The van der Waals surface area contributed by atoms with Crippen molar-refractivity contribution in [1.29, 1.82) is 0 Å². The van der Waals surface area contributed by atoms with Gasteiger partial charge in [0.1, 0.15) is 42.5 Å². The number of ketones is 1. The lowest BCUT2D eigenvalue weighted by Gasteiger charge is -2.32. The average Bonchev–Trinajstić information content (AvgIpc) is 3.75. The molecule has 24 nitrogen and oxygen atoms in total. The Bertz CT molecular complexity index is 2150. The summed E-state index contributed by atoms with van der Waals surface area (Å²) in [4.78, 5) is 81.8. The Morgan fingerprint density at radius 3 is 2.02 bits per heavy atom. The molecule has 3 aliphatic rings. The summed E-state index contributed by atoms with van der Waals surface area (Å²) in [6.07, 6.45) is -9.17. The number of fused-ring (bicyclic) bond motifs is 4. The van der Waals surface area contributed by atoms with Crippen molar-refractivity contribution >= 4 is 55.7 Å². The largest absolute Gasteiger partial charge is 0.756 e. The highest BCUT2D eigenvalue weighted by Crippen LogP contribution is 2.53. The van der Waals surface area contributed by atoms with Gasteiger partial charge in [0, 0.05) is 0 Å². The molecule has 48 heavy (non-hydrogen) atoms. The van der Waals surface area contributed by atoms with Crippen LogP contribution in [-0.4, -0.2) is 98.6 Å². The fraction of sp³-hybridized carbons (Fsp3) is 0.500. The first-order valence-electron chi connectivity index (χ1n) is 13.9. The van der Waals surface area contributed by atoms with Gasteiger partial charge in [-0.2, -0.15) is 9.97 Å². The zero-order valence-electron chi connectivity index (χ0n) is 24.2. The first-order chi connectivity index (χ1) is 22.6. The second kappa shape index (κ2) is 11.6. The van der Waals surface area contributed by atoms with Crippen LogP contribution in [0.15, 0.2) is 22.2 Å². The molecule has 3 aliphatic heterocycles. The number of hydrogen-bond acceptors (Lipinski definition) is 19. The monoisotopic (exact) mass is 715 g/mol. The third-order valence-electron chi connectivity index (χ3n) is 7.87. The number of nitrogen functional groups attached to an aromatic ring is 2. The fourth-order valence-electron chi connectivity index (χ4n) is 5.84. The maximum Gasteiger partial charge on any atom is 0.472 e. The van der Waals surface area contributed by atoms with Gasteiger partial charge in [-0.1, -0.05) is 0 Å². The third-order valence-corrected chi connectivity index (χ3v) is 9.83. The normalized spacial score (nSPS) is 36.0. The van der Waals surface area contributed by atoms with E-state index in [-0.39, 0.29) is 34.2 Å². The van der Waals surface area contributed by atoms with Gasteiger partial charge in [0.15, 0.2) is 28.6 Å². The van der Waals surface area contributed by atoms with Gasteiger partial charge in [0.2, 0.25) is 11.9 Å². The number of nitrogens with one attached hydrogen (secondary N) is 2. The summed E-state index contributed by atoms with van der Waals surface area (Å²) in [6.45, 7) is -0.716. The van der Waals surface area contributed by atoms with E-state index in [2.05, 4.69) is 29.9 Å². The van der Waals surface area contributed by atoms with Gasteiger partial charge in [0.25, 0.3) is 18.9 Å². The number of nitrogens with zero attached hydrogens (tertiary/aromatic N) is 6. The molecule has 4 aromatic rings. The van der Waals surface area contributed by atoms with E-state index in [0.717, 1.165) is 28.7 Å². The van der Waals surface area contributed by atoms with E-state index in [4.69, 9.17) is 39.0 Å². The number of carbonyl (C=O) groups is 1. The van der Waals surface area contributed by atoms with Crippen LogP contribution in [0.1, 0.15) is 19.4 Å². The lowest BCUT2D eigenvalue weighted by molar-refractivity contribution is -0.235. The van der Waals surface area contributed by atoms with Crippen molar-refractivity contribution in [1.82, 2.24) is 39.0 Å². The predicted molar refractivity (Wildman–Crippen MR) is 152 cm³/mol. The summed E-state index contributed by atoms with van der Waals surface area (Å²) in [5.41, 5.74) is 9.28. The van der Waals surface area contributed by atoms with Crippen LogP contribution in [-0.2, 0) is 41.5 Å². The van der Waals surface area contributed by atoms with Crippen LogP contribution in [0.25, 0.3) is 22.3 Å². The molecule has 2 unspecified atom stereocenters. The average molecular weight is 715 g/mol. The molecule has 0 spiro atoms. The Kier molecular flexibility index (Phi) is 7.88. The van der Waals surface area contributed by atoms with E-state index in [9.17, 15) is 38.4 Å². The number of Topliss-reactive ketones (excluding diaryl/α,β-unsaturated/α-hetero) is 1.